The fourth-order valence-electron chi connectivity index (χ4n) is 0.454. The van der Waals surface area contributed by atoms with Gasteiger partial charge in [0.1, 0.15) is 0 Å². The van der Waals surface area contributed by atoms with E-state index in [2.05, 4.69) is 9.47 Å². The normalized spacial score (nSPS) is 11.6. The van der Waals surface area contributed by atoms with Crippen molar-refractivity contribution in [2.75, 3.05) is 6.07 Å². The van der Waals surface area contributed by atoms with Gasteiger partial charge in [0.25, 0.3) is 0 Å². The van der Waals surface area contributed by atoms with Crippen molar-refractivity contribution in [1.82, 2.24) is 0 Å². The molecule has 2 N–H and O–H groups in total. The Morgan fingerprint density at radius 2 is 1.93 bits per heavy atom. The van der Waals surface area contributed by atoms with E-state index in [0.29, 0.717) is 0 Å². The Labute approximate surface area is 83.2 Å². The smallest absolute Gasteiger partial charge is 0.479 e. The van der Waals surface area contributed by atoms with Crippen molar-refractivity contribution >= 4 is 29.7 Å². The van der Waals surface area contributed by atoms with Gasteiger partial charge in [-0.1, -0.05) is 11.6 Å². The summed E-state index contributed by atoms with van der Waals surface area (Å²) < 4.78 is 7.91. The van der Waals surface area contributed by atoms with Crippen molar-refractivity contribution < 1.29 is 34.1 Å². The summed E-state index contributed by atoms with van der Waals surface area (Å²) >= 11 is 4.96. The van der Waals surface area contributed by atoms with E-state index in [0.717, 1.165) is 0 Å². The van der Waals surface area contributed by atoms with E-state index in [1.807, 2.05) is 0 Å². The molecule has 80 valence electrons. The number of aliphatic carboxylic acids is 1. The van der Waals surface area contributed by atoms with Crippen molar-refractivity contribution in [1.29, 1.82) is 0 Å². The van der Waals surface area contributed by atoms with Crippen molar-refractivity contribution in [3.8, 4) is 0 Å². The fraction of sp³-hybridized carbons (Fsp3) is 0.500. The zero-order chi connectivity index (χ0) is 11.1. The zero-order valence-electron chi connectivity index (χ0n) is 6.81. The molecule has 0 radical (unpaired) electrons. The van der Waals surface area contributed by atoms with Gasteiger partial charge in [0, 0.05) is 0 Å². The summed E-state index contributed by atoms with van der Waals surface area (Å²) in [6, 6.07) is -0.492. The first-order chi connectivity index (χ1) is 6.47. The van der Waals surface area contributed by atoms with E-state index in [9.17, 15) is 14.4 Å². The van der Waals surface area contributed by atoms with E-state index < -0.39 is 36.7 Å². The molecule has 0 aliphatic carbocycles. The highest BCUT2D eigenvalue weighted by Crippen LogP contribution is 1.97. The third kappa shape index (κ3) is 5.33. The number of hydrogen-bond acceptors (Lipinski definition) is 6. The van der Waals surface area contributed by atoms with E-state index in [1.165, 1.54) is 0 Å². The quantitative estimate of drug-likeness (QED) is 0.385. The number of carbonyl (C=O) groups is 3. The topological polar surface area (TPSA) is 110 Å². The summed E-state index contributed by atoms with van der Waals surface area (Å²) in [5, 5.41) is 16.8. The third-order valence-corrected chi connectivity index (χ3v) is 1.12. The molecular formula is C6H7ClO7. The second-order valence-corrected chi connectivity index (χ2v) is 2.25. The van der Waals surface area contributed by atoms with E-state index in [4.69, 9.17) is 21.8 Å². The molecule has 1 atom stereocenters. The van der Waals surface area contributed by atoms with Gasteiger partial charge in [-0.3, -0.25) is 4.79 Å². The molecule has 7 nitrogen and oxygen atoms in total. The minimum Gasteiger partial charge on any atom is -0.479 e. The molecule has 0 rings (SSSR count). The van der Waals surface area contributed by atoms with Crippen molar-refractivity contribution in [2.24, 2.45) is 0 Å². The van der Waals surface area contributed by atoms with E-state index in [1.54, 1.807) is 0 Å². The average molecular weight is 227 g/mol. The standard InChI is InChI=1S/C6H7ClO7/c7-2-13-6(12)14-4(9)1-3(8)5(10)11/h3,8H,1-2H2,(H,10,11). The maximum absolute atomic E-state index is 10.7. The molecule has 14 heavy (non-hydrogen) atoms. The zero-order valence-corrected chi connectivity index (χ0v) is 7.56. The molecular weight excluding hydrogens is 220 g/mol. The lowest BCUT2D eigenvalue weighted by molar-refractivity contribution is -0.153. The van der Waals surface area contributed by atoms with Crippen LogP contribution in [0.1, 0.15) is 6.42 Å². The van der Waals surface area contributed by atoms with Crippen LogP contribution in [-0.2, 0) is 19.1 Å². The number of carboxylic acid groups (broad SMARTS) is 1. The Kier molecular flexibility index (Phi) is 5.58. The van der Waals surface area contributed by atoms with Gasteiger partial charge < -0.3 is 19.7 Å². The fourth-order valence-corrected chi connectivity index (χ4v) is 0.543. The lowest BCUT2D eigenvalue weighted by atomic mass is 10.3. The molecule has 0 aliphatic heterocycles. The Hall–Kier alpha value is -1.34. The van der Waals surface area contributed by atoms with Crippen molar-refractivity contribution in [2.45, 2.75) is 12.5 Å². The minimum atomic E-state index is -1.91. The summed E-state index contributed by atoms with van der Waals surface area (Å²) in [6.45, 7) is 0. The van der Waals surface area contributed by atoms with Gasteiger partial charge >= 0.3 is 18.1 Å². The molecule has 0 heterocycles. The van der Waals surface area contributed by atoms with Crippen LogP contribution in [0.2, 0.25) is 0 Å². The highest BCUT2D eigenvalue weighted by atomic mass is 35.5. The highest BCUT2D eigenvalue weighted by Gasteiger charge is 2.21. The number of aliphatic hydroxyl groups excluding tert-OH is 1. The minimum absolute atomic E-state index is 0.492. The Morgan fingerprint density at radius 3 is 2.36 bits per heavy atom. The molecule has 8 heteroatoms. The third-order valence-electron chi connectivity index (χ3n) is 1.01. The number of ether oxygens (including phenoxy) is 2. The van der Waals surface area contributed by atoms with Crippen molar-refractivity contribution in [3.63, 3.8) is 0 Å². The Bertz CT molecular complexity index is 238. The lowest BCUT2D eigenvalue weighted by Crippen LogP contribution is -2.25. The summed E-state index contributed by atoms with van der Waals surface area (Å²) in [6.07, 6.45) is -4.10. The molecule has 0 amide bonds. The molecule has 0 saturated heterocycles. The number of hydrogen-bond donors (Lipinski definition) is 2. The first-order valence-electron chi connectivity index (χ1n) is 3.31. The van der Waals surface area contributed by atoms with Crippen LogP contribution in [0.25, 0.3) is 0 Å². The molecule has 0 aliphatic rings. The van der Waals surface area contributed by atoms with Crippen LogP contribution in [0.4, 0.5) is 4.79 Å². The van der Waals surface area contributed by atoms with Gasteiger partial charge in [0.05, 0.1) is 6.42 Å². The molecule has 0 spiro atoms. The molecule has 0 aromatic rings. The molecule has 0 fully saturated rings. The molecule has 0 aromatic heterocycles. The van der Waals surface area contributed by atoms with Gasteiger partial charge in [0.2, 0.25) is 0 Å². The first kappa shape index (κ1) is 12.7. The van der Waals surface area contributed by atoms with E-state index in [-0.39, 0.29) is 0 Å². The van der Waals surface area contributed by atoms with Crippen LogP contribution in [0.15, 0.2) is 0 Å². The Balaban J connectivity index is 3.86. The summed E-state index contributed by atoms with van der Waals surface area (Å²) in [7, 11) is 0. The lowest BCUT2D eigenvalue weighted by Gasteiger charge is -2.04. The number of halogens is 1. The molecule has 1 unspecified atom stereocenters. The van der Waals surface area contributed by atoms with Crippen LogP contribution in [0.3, 0.4) is 0 Å². The summed E-state index contributed by atoms with van der Waals surface area (Å²) in [4.78, 5) is 31.1. The number of aliphatic hydroxyl groups is 1. The summed E-state index contributed by atoms with van der Waals surface area (Å²) in [5.74, 6) is -2.80. The summed E-state index contributed by atoms with van der Waals surface area (Å²) in [5.41, 5.74) is 0. The van der Waals surface area contributed by atoms with Crippen LogP contribution in [-0.4, -0.2) is 40.5 Å². The second kappa shape index (κ2) is 6.17. The SMILES string of the molecule is O=C(CC(O)C(=O)O)OC(=O)OCCl. The average Bonchev–Trinajstić information content (AvgIpc) is 2.03. The first-order valence-corrected chi connectivity index (χ1v) is 3.85. The highest BCUT2D eigenvalue weighted by molar-refractivity contribution is 6.17. The maximum atomic E-state index is 10.7. The predicted octanol–water partition coefficient (Wildman–Crippen LogP) is -0.302. The van der Waals surface area contributed by atoms with Crippen LogP contribution in [0.5, 0.6) is 0 Å². The Morgan fingerprint density at radius 1 is 1.36 bits per heavy atom. The van der Waals surface area contributed by atoms with Crippen LogP contribution in [0, 0.1) is 0 Å². The number of alkyl halides is 1. The number of rotatable bonds is 4. The van der Waals surface area contributed by atoms with Crippen LogP contribution < -0.4 is 0 Å². The van der Waals surface area contributed by atoms with E-state index >= 15 is 0 Å². The monoisotopic (exact) mass is 226 g/mol. The predicted molar refractivity (Wildman–Crippen MR) is 41.6 cm³/mol. The number of esters is 1. The van der Waals surface area contributed by atoms with Crippen LogP contribution >= 0.6 is 11.6 Å². The van der Waals surface area contributed by atoms with Gasteiger partial charge in [-0.05, 0) is 0 Å². The molecule has 0 bridgehead atoms. The number of carboxylic acids is 1. The molecule has 0 aromatic carbocycles. The van der Waals surface area contributed by atoms with Gasteiger partial charge in [-0.2, -0.15) is 0 Å². The second-order valence-electron chi connectivity index (χ2n) is 2.04. The van der Waals surface area contributed by atoms with Gasteiger partial charge in [0.15, 0.2) is 12.2 Å². The molecule has 0 saturated carbocycles. The van der Waals surface area contributed by atoms with Gasteiger partial charge in [-0.25, -0.2) is 9.59 Å². The van der Waals surface area contributed by atoms with Crippen molar-refractivity contribution in [3.05, 3.63) is 0 Å². The maximum Gasteiger partial charge on any atom is 0.517 e. The number of carbonyl (C=O) groups excluding carboxylic acids is 2. The largest absolute Gasteiger partial charge is 0.517 e. The van der Waals surface area contributed by atoms with Gasteiger partial charge in [-0.15, -0.1) is 0 Å².